The molecule has 0 radical (unpaired) electrons. The first kappa shape index (κ1) is 16.0. The fourth-order valence-corrected chi connectivity index (χ4v) is 2.93. The topological polar surface area (TPSA) is 92.4 Å². The Balaban J connectivity index is 2.79. The molecule has 1 rings (SSSR count). The molecule has 4 N–H and O–H groups in total. The minimum atomic E-state index is -0.978. The molecular weight excluding hydrogens is 244 g/mol. The van der Waals surface area contributed by atoms with E-state index in [1.165, 1.54) is 0 Å². The Morgan fingerprint density at radius 3 is 2.47 bits per heavy atom. The van der Waals surface area contributed by atoms with E-state index in [0.29, 0.717) is 6.42 Å². The van der Waals surface area contributed by atoms with Crippen molar-refractivity contribution in [3.8, 4) is 0 Å². The van der Waals surface area contributed by atoms with E-state index in [4.69, 9.17) is 10.8 Å². The number of nitrogens with one attached hydrogen (secondary N) is 1. The summed E-state index contributed by atoms with van der Waals surface area (Å²) in [5.74, 6) is -1.06. The van der Waals surface area contributed by atoms with E-state index in [-0.39, 0.29) is 29.2 Å². The zero-order chi connectivity index (χ0) is 14.8. The Kier molecular flexibility index (Phi) is 4.96. The first-order valence-electron chi connectivity index (χ1n) is 7.00. The standard InChI is InChI=1S/C14H26N2O3/c1-5-11(13(18)19)16-12(17)9-6-7-10(15)8(2)14(9,3)4/h8-11H,5-7,15H2,1-4H3,(H,16,17)(H,18,19)/t8?,9?,10?,11-/m0/s1. The molecule has 0 aliphatic heterocycles. The van der Waals surface area contributed by atoms with Crippen LogP contribution < -0.4 is 11.1 Å². The monoisotopic (exact) mass is 270 g/mol. The van der Waals surface area contributed by atoms with Gasteiger partial charge >= 0.3 is 5.97 Å². The molecule has 1 aliphatic rings. The Morgan fingerprint density at radius 2 is 2.00 bits per heavy atom. The molecule has 1 saturated carbocycles. The van der Waals surface area contributed by atoms with Gasteiger partial charge in [0.15, 0.2) is 0 Å². The van der Waals surface area contributed by atoms with Gasteiger partial charge in [0, 0.05) is 12.0 Å². The van der Waals surface area contributed by atoms with Gasteiger partial charge in [-0.1, -0.05) is 27.7 Å². The molecule has 0 aromatic rings. The first-order chi connectivity index (χ1) is 8.71. The summed E-state index contributed by atoms with van der Waals surface area (Å²) in [6.45, 7) is 7.91. The smallest absolute Gasteiger partial charge is 0.326 e. The molecule has 0 aromatic heterocycles. The van der Waals surface area contributed by atoms with Gasteiger partial charge < -0.3 is 16.2 Å². The highest BCUT2D eigenvalue weighted by Gasteiger charge is 2.45. The minimum Gasteiger partial charge on any atom is -0.480 e. The fraction of sp³-hybridized carbons (Fsp3) is 0.857. The Hall–Kier alpha value is -1.10. The number of nitrogens with two attached hydrogens (primary N) is 1. The molecule has 4 atom stereocenters. The molecular formula is C14H26N2O3. The second kappa shape index (κ2) is 5.90. The summed E-state index contributed by atoms with van der Waals surface area (Å²) in [7, 11) is 0. The van der Waals surface area contributed by atoms with Crippen LogP contribution in [0.3, 0.4) is 0 Å². The lowest BCUT2D eigenvalue weighted by atomic mass is 9.61. The van der Waals surface area contributed by atoms with Crippen LogP contribution in [-0.2, 0) is 9.59 Å². The van der Waals surface area contributed by atoms with E-state index in [0.717, 1.165) is 12.8 Å². The molecule has 5 heteroatoms. The van der Waals surface area contributed by atoms with E-state index >= 15 is 0 Å². The third kappa shape index (κ3) is 3.26. The van der Waals surface area contributed by atoms with E-state index in [2.05, 4.69) is 12.2 Å². The van der Waals surface area contributed by atoms with Crippen LogP contribution >= 0.6 is 0 Å². The number of carboxylic acid groups (broad SMARTS) is 1. The zero-order valence-corrected chi connectivity index (χ0v) is 12.3. The summed E-state index contributed by atoms with van der Waals surface area (Å²) in [5, 5.41) is 11.7. The lowest BCUT2D eigenvalue weighted by molar-refractivity contribution is -0.144. The van der Waals surface area contributed by atoms with Gasteiger partial charge in [0.05, 0.1) is 0 Å². The van der Waals surface area contributed by atoms with Crippen molar-refractivity contribution in [2.45, 2.75) is 59.0 Å². The fourth-order valence-electron chi connectivity index (χ4n) is 2.93. The lowest BCUT2D eigenvalue weighted by Crippen LogP contribution is -2.53. The van der Waals surface area contributed by atoms with Crippen LogP contribution in [0, 0.1) is 17.3 Å². The second-order valence-corrected chi connectivity index (χ2v) is 6.21. The highest BCUT2D eigenvalue weighted by atomic mass is 16.4. The van der Waals surface area contributed by atoms with Crippen molar-refractivity contribution in [3.63, 3.8) is 0 Å². The predicted molar refractivity (Wildman–Crippen MR) is 73.5 cm³/mol. The molecule has 0 bridgehead atoms. The van der Waals surface area contributed by atoms with Crippen LogP contribution in [0.25, 0.3) is 0 Å². The molecule has 1 amide bonds. The number of aliphatic carboxylic acids is 1. The van der Waals surface area contributed by atoms with Crippen LogP contribution in [-0.4, -0.2) is 29.1 Å². The van der Waals surface area contributed by atoms with E-state index in [9.17, 15) is 9.59 Å². The number of carbonyl (C=O) groups is 2. The van der Waals surface area contributed by atoms with Gasteiger partial charge in [-0.3, -0.25) is 4.79 Å². The van der Waals surface area contributed by atoms with Crippen LogP contribution in [0.2, 0.25) is 0 Å². The van der Waals surface area contributed by atoms with Crippen LogP contribution in [0.5, 0.6) is 0 Å². The highest BCUT2D eigenvalue weighted by molar-refractivity contribution is 5.85. The van der Waals surface area contributed by atoms with Crippen molar-refractivity contribution in [2.75, 3.05) is 0 Å². The molecule has 1 fully saturated rings. The number of amides is 1. The summed E-state index contributed by atoms with van der Waals surface area (Å²) in [6, 6.07) is -0.685. The summed E-state index contributed by atoms with van der Waals surface area (Å²) in [4.78, 5) is 23.3. The summed E-state index contributed by atoms with van der Waals surface area (Å²) in [6.07, 6.45) is 1.93. The number of carbonyl (C=O) groups excluding carboxylic acids is 1. The van der Waals surface area contributed by atoms with Crippen molar-refractivity contribution in [1.82, 2.24) is 5.32 Å². The average Bonchev–Trinajstić information content (AvgIpc) is 2.32. The van der Waals surface area contributed by atoms with Crippen molar-refractivity contribution in [1.29, 1.82) is 0 Å². The van der Waals surface area contributed by atoms with Crippen LogP contribution in [0.4, 0.5) is 0 Å². The van der Waals surface area contributed by atoms with Crippen molar-refractivity contribution >= 4 is 11.9 Å². The van der Waals surface area contributed by atoms with Gasteiger partial charge in [-0.25, -0.2) is 4.79 Å². The first-order valence-corrected chi connectivity index (χ1v) is 7.00. The zero-order valence-electron chi connectivity index (χ0n) is 12.3. The highest BCUT2D eigenvalue weighted by Crippen LogP contribution is 2.44. The molecule has 1 aliphatic carbocycles. The predicted octanol–water partition coefficient (Wildman–Crippen LogP) is 1.37. The summed E-state index contributed by atoms with van der Waals surface area (Å²) < 4.78 is 0. The second-order valence-electron chi connectivity index (χ2n) is 6.21. The lowest BCUT2D eigenvalue weighted by Gasteiger charge is -2.46. The Morgan fingerprint density at radius 1 is 1.42 bits per heavy atom. The normalized spacial score (nSPS) is 31.5. The summed E-state index contributed by atoms with van der Waals surface area (Å²) >= 11 is 0. The van der Waals surface area contributed by atoms with Crippen molar-refractivity contribution in [3.05, 3.63) is 0 Å². The van der Waals surface area contributed by atoms with E-state index < -0.39 is 12.0 Å². The van der Waals surface area contributed by atoms with Crippen LogP contribution in [0.15, 0.2) is 0 Å². The third-order valence-electron chi connectivity index (χ3n) is 4.84. The van der Waals surface area contributed by atoms with Crippen LogP contribution in [0.1, 0.15) is 47.0 Å². The Labute approximate surface area is 114 Å². The maximum Gasteiger partial charge on any atom is 0.326 e. The number of carboxylic acids is 1. The Bertz CT molecular complexity index is 355. The maximum absolute atomic E-state index is 12.3. The molecule has 0 spiro atoms. The molecule has 19 heavy (non-hydrogen) atoms. The molecule has 5 nitrogen and oxygen atoms in total. The molecule has 3 unspecified atom stereocenters. The SMILES string of the molecule is CC[C@H](NC(=O)C1CCC(N)C(C)C1(C)C)C(=O)O. The number of hydrogen-bond donors (Lipinski definition) is 3. The average molecular weight is 270 g/mol. The van der Waals surface area contributed by atoms with Crippen molar-refractivity contribution < 1.29 is 14.7 Å². The largest absolute Gasteiger partial charge is 0.480 e. The minimum absolute atomic E-state index is 0.112. The summed E-state index contributed by atoms with van der Waals surface area (Å²) in [5.41, 5.74) is 5.86. The van der Waals surface area contributed by atoms with Gasteiger partial charge in [-0.05, 0) is 30.6 Å². The quantitative estimate of drug-likeness (QED) is 0.719. The van der Waals surface area contributed by atoms with Gasteiger partial charge in [-0.15, -0.1) is 0 Å². The molecule has 110 valence electrons. The maximum atomic E-state index is 12.3. The van der Waals surface area contributed by atoms with Gasteiger partial charge in [0.1, 0.15) is 6.04 Å². The molecule has 0 saturated heterocycles. The van der Waals surface area contributed by atoms with Gasteiger partial charge in [0.25, 0.3) is 0 Å². The van der Waals surface area contributed by atoms with Crippen molar-refractivity contribution in [2.24, 2.45) is 23.0 Å². The number of rotatable bonds is 4. The number of hydrogen-bond acceptors (Lipinski definition) is 3. The molecule has 0 heterocycles. The van der Waals surface area contributed by atoms with Gasteiger partial charge in [0.2, 0.25) is 5.91 Å². The van der Waals surface area contributed by atoms with E-state index in [1.54, 1.807) is 6.92 Å². The van der Waals surface area contributed by atoms with E-state index in [1.807, 2.05) is 13.8 Å². The third-order valence-corrected chi connectivity index (χ3v) is 4.84. The van der Waals surface area contributed by atoms with Gasteiger partial charge in [-0.2, -0.15) is 0 Å². The molecule has 0 aromatic carbocycles.